The molecule has 0 radical (unpaired) electrons. The maximum absolute atomic E-state index is 12.5. The highest BCUT2D eigenvalue weighted by atomic mass is 79.9. The molecule has 0 N–H and O–H groups in total. The average molecular weight is 332 g/mol. The molecule has 17 heavy (non-hydrogen) atoms. The zero-order valence-corrected chi connectivity index (χ0v) is 10.1. The maximum atomic E-state index is 12.5. The van der Waals surface area contributed by atoms with Gasteiger partial charge in [0.1, 0.15) is 4.47 Å². The summed E-state index contributed by atoms with van der Waals surface area (Å²) in [5, 5.41) is 9.07. The minimum Gasteiger partial charge on any atom is -0.276 e. The highest BCUT2D eigenvalue weighted by Gasteiger charge is 2.38. The number of halogens is 5. The van der Waals surface area contributed by atoms with E-state index < -0.39 is 37.6 Å². The van der Waals surface area contributed by atoms with Gasteiger partial charge in [0.15, 0.2) is 0 Å². The maximum Gasteiger partial charge on any atom is 0.417 e. The molecular formula is C8H2BrClF3NO3. The molecule has 0 bridgehead atoms. The van der Waals surface area contributed by atoms with E-state index in [1.807, 2.05) is 0 Å². The summed E-state index contributed by atoms with van der Waals surface area (Å²) in [4.78, 5) is 20.5. The molecule has 1 aromatic carbocycles. The van der Waals surface area contributed by atoms with Crippen molar-refractivity contribution in [2.24, 2.45) is 0 Å². The summed E-state index contributed by atoms with van der Waals surface area (Å²) < 4.78 is 37.0. The highest BCUT2D eigenvalue weighted by Crippen LogP contribution is 2.39. The van der Waals surface area contributed by atoms with Crippen LogP contribution in [-0.2, 0) is 6.18 Å². The summed E-state index contributed by atoms with van der Waals surface area (Å²) in [6.07, 6.45) is -4.82. The minimum absolute atomic E-state index is 0.443. The van der Waals surface area contributed by atoms with Crippen molar-refractivity contribution in [2.75, 3.05) is 0 Å². The van der Waals surface area contributed by atoms with Crippen LogP contribution in [0.5, 0.6) is 0 Å². The average Bonchev–Trinajstić information content (AvgIpc) is 2.14. The minimum atomic E-state index is -4.82. The second-order valence-electron chi connectivity index (χ2n) is 2.85. The van der Waals surface area contributed by atoms with Crippen LogP contribution in [0.25, 0.3) is 0 Å². The lowest BCUT2D eigenvalue weighted by atomic mass is 10.1. The van der Waals surface area contributed by atoms with Crippen LogP contribution in [0.1, 0.15) is 15.9 Å². The molecule has 0 atom stereocenters. The first-order valence-electron chi connectivity index (χ1n) is 3.90. The van der Waals surface area contributed by atoms with Crippen LogP contribution < -0.4 is 0 Å². The van der Waals surface area contributed by atoms with E-state index in [4.69, 9.17) is 11.6 Å². The van der Waals surface area contributed by atoms with Crippen molar-refractivity contribution >= 4 is 38.5 Å². The van der Waals surface area contributed by atoms with Crippen molar-refractivity contribution in [3.8, 4) is 0 Å². The predicted molar refractivity (Wildman–Crippen MR) is 56.0 cm³/mol. The molecule has 0 unspecified atom stereocenters. The van der Waals surface area contributed by atoms with Crippen LogP contribution in [0.4, 0.5) is 18.9 Å². The number of carbonyl (C=O) groups excluding carboxylic acids is 1. The predicted octanol–water partition coefficient (Wildman–Crippen LogP) is 3.76. The Morgan fingerprint density at radius 2 is 1.94 bits per heavy atom. The number of carbonyl (C=O) groups is 1. The number of benzene rings is 1. The fourth-order valence-corrected chi connectivity index (χ4v) is 2.12. The molecule has 0 heterocycles. The van der Waals surface area contributed by atoms with Gasteiger partial charge in [0.2, 0.25) is 0 Å². The molecule has 9 heteroatoms. The summed E-state index contributed by atoms with van der Waals surface area (Å²) in [7, 11) is 0. The molecule has 0 fully saturated rings. The van der Waals surface area contributed by atoms with Gasteiger partial charge in [0.25, 0.3) is 10.9 Å². The summed E-state index contributed by atoms with van der Waals surface area (Å²) in [6.45, 7) is 0. The first-order chi connectivity index (χ1) is 7.66. The highest BCUT2D eigenvalue weighted by molar-refractivity contribution is 9.10. The van der Waals surface area contributed by atoms with Gasteiger partial charge in [-0.15, -0.1) is 0 Å². The van der Waals surface area contributed by atoms with Crippen molar-refractivity contribution in [1.82, 2.24) is 0 Å². The number of rotatable bonds is 2. The topological polar surface area (TPSA) is 60.2 Å². The molecule has 0 aliphatic heterocycles. The van der Waals surface area contributed by atoms with Crippen molar-refractivity contribution in [3.05, 3.63) is 37.8 Å². The van der Waals surface area contributed by atoms with Gasteiger partial charge < -0.3 is 0 Å². The third kappa shape index (κ3) is 2.75. The first-order valence-corrected chi connectivity index (χ1v) is 5.07. The number of nitrogens with zero attached hydrogens (tertiary/aromatic N) is 1. The number of alkyl halides is 3. The molecule has 0 saturated heterocycles. The lowest BCUT2D eigenvalue weighted by Gasteiger charge is -2.11. The van der Waals surface area contributed by atoms with Crippen LogP contribution >= 0.6 is 27.5 Å². The lowest BCUT2D eigenvalue weighted by molar-refractivity contribution is -0.385. The molecule has 0 aliphatic rings. The van der Waals surface area contributed by atoms with Gasteiger partial charge in [-0.25, -0.2) is 0 Å². The lowest BCUT2D eigenvalue weighted by Crippen LogP contribution is -2.12. The number of hydrogen-bond donors (Lipinski definition) is 0. The molecule has 4 nitrogen and oxygen atoms in total. The number of nitro groups is 1. The quantitative estimate of drug-likeness (QED) is 0.471. The Morgan fingerprint density at radius 1 is 1.41 bits per heavy atom. The number of nitro benzene ring substituents is 1. The third-order valence-corrected chi connectivity index (χ3v) is 2.81. The molecular weight excluding hydrogens is 330 g/mol. The van der Waals surface area contributed by atoms with E-state index in [2.05, 4.69) is 15.9 Å². The van der Waals surface area contributed by atoms with Gasteiger partial charge in [-0.05, 0) is 33.6 Å². The Hall–Kier alpha value is -1.15. The molecule has 0 amide bonds. The largest absolute Gasteiger partial charge is 0.417 e. The normalized spacial score (nSPS) is 11.4. The zero-order valence-electron chi connectivity index (χ0n) is 7.72. The van der Waals surface area contributed by atoms with E-state index in [0.29, 0.717) is 12.1 Å². The van der Waals surface area contributed by atoms with Crippen molar-refractivity contribution in [1.29, 1.82) is 0 Å². The zero-order chi connectivity index (χ0) is 13.4. The van der Waals surface area contributed by atoms with Gasteiger partial charge in [0.05, 0.1) is 16.1 Å². The van der Waals surface area contributed by atoms with Crippen molar-refractivity contribution in [2.45, 2.75) is 6.18 Å². The van der Waals surface area contributed by atoms with Gasteiger partial charge in [0, 0.05) is 6.07 Å². The van der Waals surface area contributed by atoms with E-state index in [9.17, 15) is 28.1 Å². The smallest absolute Gasteiger partial charge is 0.276 e. The second-order valence-corrected chi connectivity index (χ2v) is 3.99. The van der Waals surface area contributed by atoms with Gasteiger partial charge in [-0.2, -0.15) is 13.2 Å². The molecule has 92 valence electrons. The van der Waals surface area contributed by atoms with Gasteiger partial charge >= 0.3 is 6.18 Å². The monoisotopic (exact) mass is 331 g/mol. The van der Waals surface area contributed by atoms with Gasteiger partial charge in [-0.1, -0.05) is 0 Å². The van der Waals surface area contributed by atoms with Crippen molar-refractivity contribution in [3.63, 3.8) is 0 Å². The SMILES string of the molecule is O=C(Cl)c1c(C(F)(F)F)ccc([N+](=O)[O-])c1Br. The molecule has 0 aliphatic carbocycles. The van der Waals surface area contributed by atoms with Gasteiger partial charge in [-0.3, -0.25) is 14.9 Å². The number of hydrogen-bond acceptors (Lipinski definition) is 3. The van der Waals surface area contributed by atoms with Crippen LogP contribution in [-0.4, -0.2) is 10.2 Å². The Bertz CT molecular complexity index is 504. The van der Waals surface area contributed by atoms with Crippen LogP contribution in [0.15, 0.2) is 16.6 Å². The van der Waals surface area contributed by atoms with E-state index in [-0.39, 0.29) is 0 Å². The molecule has 0 aromatic heterocycles. The summed E-state index contributed by atoms with van der Waals surface area (Å²) in [6, 6.07) is 1.09. The molecule has 1 aromatic rings. The molecule has 0 saturated carbocycles. The van der Waals surface area contributed by atoms with Crippen LogP contribution in [0.2, 0.25) is 0 Å². The summed E-state index contributed by atoms with van der Waals surface area (Å²) >= 11 is 7.58. The van der Waals surface area contributed by atoms with Crippen LogP contribution in [0.3, 0.4) is 0 Å². The molecule has 0 spiro atoms. The van der Waals surface area contributed by atoms with E-state index in [1.165, 1.54) is 0 Å². The summed E-state index contributed by atoms with van der Waals surface area (Å²) in [5.41, 5.74) is -2.95. The van der Waals surface area contributed by atoms with E-state index in [1.54, 1.807) is 0 Å². The second kappa shape index (κ2) is 4.61. The standard InChI is InChI=1S/C8H2BrClF3NO3/c9-6-4(14(16)17)2-1-3(8(11,12)13)5(6)7(10)15/h1-2H. The first kappa shape index (κ1) is 13.9. The third-order valence-electron chi connectivity index (χ3n) is 1.82. The fourth-order valence-electron chi connectivity index (χ4n) is 1.13. The van der Waals surface area contributed by atoms with E-state index in [0.717, 1.165) is 0 Å². The Balaban J connectivity index is 3.63. The summed E-state index contributed by atoms with van der Waals surface area (Å²) in [5.74, 6) is 0. The fraction of sp³-hybridized carbons (Fsp3) is 0.125. The van der Waals surface area contributed by atoms with Crippen LogP contribution in [0, 0.1) is 10.1 Å². The van der Waals surface area contributed by atoms with E-state index >= 15 is 0 Å². The van der Waals surface area contributed by atoms with Crippen molar-refractivity contribution < 1.29 is 22.9 Å². The molecule has 1 rings (SSSR count). The Kier molecular flexibility index (Phi) is 3.78. The Morgan fingerprint density at radius 3 is 2.29 bits per heavy atom. The Labute approximate surface area is 106 Å².